The third-order valence-corrected chi connectivity index (χ3v) is 7.08. The van der Waals surface area contributed by atoms with Gasteiger partial charge in [0.2, 0.25) is 10.0 Å². The molecule has 0 saturated carbocycles. The van der Waals surface area contributed by atoms with E-state index < -0.39 is 10.0 Å². The Morgan fingerprint density at radius 3 is 2.56 bits per heavy atom. The molecule has 6 nitrogen and oxygen atoms in total. The van der Waals surface area contributed by atoms with Crippen molar-refractivity contribution in [1.82, 2.24) is 14.5 Å². The minimum Gasteiger partial charge on any atom is -0.337 e. The van der Waals surface area contributed by atoms with Gasteiger partial charge in [-0.05, 0) is 44.0 Å². The predicted octanol–water partition coefficient (Wildman–Crippen LogP) is 1.69. The van der Waals surface area contributed by atoms with Crippen LogP contribution < -0.4 is 5.32 Å². The largest absolute Gasteiger partial charge is 0.337 e. The van der Waals surface area contributed by atoms with E-state index in [-0.39, 0.29) is 16.8 Å². The molecule has 2 aliphatic rings. The van der Waals surface area contributed by atoms with Crippen LogP contribution in [0.3, 0.4) is 0 Å². The van der Waals surface area contributed by atoms with Gasteiger partial charge in [0.05, 0.1) is 4.90 Å². The second kappa shape index (κ2) is 7.85. The van der Waals surface area contributed by atoms with Crippen LogP contribution in [0.5, 0.6) is 0 Å². The molecular formula is C18H27N3O3S. The summed E-state index contributed by atoms with van der Waals surface area (Å²) in [6, 6.07) is 6.65. The Balaban J connectivity index is 1.81. The molecule has 3 rings (SSSR count). The lowest BCUT2D eigenvalue weighted by Crippen LogP contribution is -2.38. The summed E-state index contributed by atoms with van der Waals surface area (Å²) in [7, 11) is -1.75. The van der Waals surface area contributed by atoms with Crippen molar-refractivity contribution in [2.24, 2.45) is 0 Å². The zero-order chi connectivity index (χ0) is 17.9. The average molecular weight is 365 g/mol. The highest BCUT2D eigenvalue weighted by molar-refractivity contribution is 7.89. The summed E-state index contributed by atoms with van der Waals surface area (Å²) in [5.74, 6) is -0.124. The SMILES string of the molecule is CN(C(=O)c1cccc(S(=O)(=O)N2CCCCCC2)c1)C1CCNC1. The molecule has 0 spiro atoms. The van der Waals surface area contributed by atoms with Crippen molar-refractivity contribution in [2.45, 2.75) is 43.0 Å². The number of amides is 1. The molecule has 2 saturated heterocycles. The van der Waals surface area contributed by atoms with E-state index in [0.29, 0.717) is 18.7 Å². The zero-order valence-corrected chi connectivity index (χ0v) is 15.6. The van der Waals surface area contributed by atoms with Crippen LogP contribution in [0, 0.1) is 0 Å². The summed E-state index contributed by atoms with van der Waals surface area (Å²) in [5, 5.41) is 3.25. The zero-order valence-electron chi connectivity index (χ0n) is 14.8. The lowest BCUT2D eigenvalue weighted by Gasteiger charge is -2.24. The minimum absolute atomic E-state index is 0.124. The van der Waals surface area contributed by atoms with Gasteiger partial charge in [-0.2, -0.15) is 4.31 Å². The Morgan fingerprint density at radius 2 is 1.92 bits per heavy atom. The molecule has 138 valence electrons. The van der Waals surface area contributed by atoms with Gasteiger partial charge in [-0.25, -0.2) is 8.42 Å². The Bertz CT molecular complexity index is 706. The van der Waals surface area contributed by atoms with Gasteiger partial charge in [0, 0.05) is 38.3 Å². The first kappa shape index (κ1) is 18.4. The van der Waals surface area contributed by atoms with E-state index in [0.717, 1.165) is 45.2 Å². The van der Waals surface area contributed by atoms with E-state index >= 15 is 0 Å². The van der Waals surface area contributed by atoms with Crippen LogP contribution in [-0.2, 0) is 10.0 Å². The molecule has 0 radical (unpaired) electrons. The van der Waals surface area contributed by atoms with E-state index in [1.165, 1.54) is 6.07 Å². The van der Waals surface area contributed by atoms with Crippen LogP contribution in [0.2, 0.25) is 0 Å². The van der Waals surface area contributed by atoms with Crippen molar-refractivity contribution in [3.8, 4) is 0 Å². The molecule has 0 aromatic heterocycles. The fraction of sp³-hybridized carbons (Fsp3) is 0.611. The van der Waals surface area contributed by atoms with Crippen molar-refractivity contribution in [2.75, 3.05) is 33.2 Å². The molecule has 2 heterocycles. The van der Waals surface area contributed by atoms with Crippen LogP contribution in [0.15, 0.2) is 29.2 Å². The monoisotopic (exact) mass is 365 g/mol. The smallest absolute Gasteiger partial charge is 0.253 e. The summed E-state index contributed by atoms with van der Waals surface area (Å²) in [4.78, 5) is 14.7. The fourth-order valence-corrected chi connectivity index (χ4v) is 5.12. The summed E-state index contributed by atoms with van der Waals surface area (Å²) < 4.78 is 27.4. The second-order valence-electron chi connectivity index (χ2n) is 6.91. The van der Waals surface area contributed by atoms with E-state index in [1.807, 2.05) is 0 Å². The van der Waals surface area contributed by atoms with Crippen LogP contribution >= 0.6 is 0 Å². The molecule has 1 aromatic carbocycles. The normalized spacial score (nSPS) is 22.5. The van der Waals surface area contributed by atoms with Crippen LogP contribution in [-0.4, -0.2) is 62.8 Å². The van der Waals surface area contributed by atoms with Crippen molar-refractivity contribution in [3.05, 3.63) is 29.8 Å². The Morgan fingerprint density at radius 1 is 1.20 bits per heavy atom. The highest BCUT2D eigenvalue weighted by Gasteiger charge is 2.28. The van der Waals surface area contributed by atoms with Crippen molar-refractivity contribution < 1.29 is 13.2 Å². The van der Waals surface area contributed by atoms with Crippen LogP contribution in [0.1, 0.15) is 42.5 Å². The Hall–Kier alpha value is -1.44. The van der Waals surface area contributed by atoms with E-state index in [2.05, 4.69) is 5.32 Å². The number of sulfonamides is 1. The maximum Gasteiger partial charge on any atom is 0.253 e. The molecule has 2 fully saturated rings. The van der Waals surface area contributed by atoms with Crippen molar-refractivity contribution in [3.63, 3.8) is 0 Å². The number of hydrogen-bond donors (Lipinski definition) is 1. The first-order valence-electron chi connectivity index (χ1n) is 9.08. The molecule has 1 N–H and O–H groups in total. The first-order valence-corrected chi connectivity index (χ1v) is 10.5. The van der Waals surface area contributed by atoms with Gasteiger partial charge in [-0.3, -0.25) is 4.79 Å². The number of carbonyl (C=O) groups excluding carboxylic acids is 1. The lowest BCUT2D eigenvalue weighted by atomic mass is 10.1. The summed E-state index contributed by atoms with van der Waals surface area (Å²) in [6.07, 6.45) is 4.87. The molecule has 1 unspecified atom stereocenters. The molecule has 1 atom stereocenters. The maximum absolute atomic E-state index is 12.9. The highest BCUT2D eigenvalue weighted by Crippen LogP contribution is 2.22. The molecule has 1 aromatic rings. The van der Waals surface area contributed by atoms with Crippen molar-refractivity contribution in [1.29, 1.82) is 0 Å². The Kier molecular flexibility index (Phi) is 5.76. The van der Waals surface area contributed by atoms with Gasteiger partial charge >= 0.3 is 0 Å². The Labute approximate surface area is 150 Å². The second-order valence-corrected chi connectivity index (χ2v) is 8.85. The summed E-state index contributed by atoms with van der Waals surface area (Å²) in [6.45, 7) is 2.82. The minimum atomic E-state index is -3.54. The van der Waals surface area contributed by atoms with Crippen LogP contribution in [0.4, 0.5) is 0 Å². The third-order valence-electron chi connectivity index (χ3n) is 5.19. The van der Waals surface area contributed by atoms with Crippen molar-refractivity contribution >= 4 is 15.9 Å². The predicted molar refractivity (Wildman–Crippen MR) is 97.0 cm³/mol. The number of rotatable bonds is 4. The highest BCUT2D eigenvalue weighted by atomic mass is 32.2. The van der Waals surface area contributed by atoms with E-state index in [4.69, 9.17) is 0 Å². The van der Waals surface area contributed by atoms with Gasteiger partial charge in [0.25, 0.3) is 5.91 Å². The van der Waals surface area contributed by atoms with E-state index in [9.17, 15) is 13.2 Å². The molecule has 1 amide bonds. The molecule has 2 aliphatic heterocycles. The fourth-order valence-electron chi connectivity index (χ4n) is 3.56. The summed E-state index contributed by atoms with van der Waals surface area (Å²) in [5.41, 5.74) is 0.435. The van der Waals surface area contributed by atoms with Gasteiger partial charge in [0.1, 0.15) is 0 Å². The van der Waals surface area contributed by atoms with Gasteiger partial charge in [-0.1, -0.05) is 18.9 Å². The number of nitrogens with one attached hydrogen (secondary N) is 1. The maximum atomic E-state index is 12.9. The average Bonchev–Trinajstić information content (AvgIpc) is 3.02. The van der Waals surface area contributed by atoms with Gasteiger partial charge < -0.3 is 10.2 Å². The number of likely N-dealkylation sites (N-methyl/N-ethyl adjacent to an activating group) is 1. The molecular weight excluding hydrogens is 338 g/mol. The quantitative estimate of drug-likeness (QED) is 0.881. The molecule has 0 aliphatic carbocycles. The number of carbonyl (C=O) groups is 1. The van der Waals surface area contributed by atoms with Gasteiger partial charge in [-0.15, -0.1) is 0 Å². The third kappa shape index (κ3) is 4.04. The van der Waals surface area contributed by atoms with E-state index in [1.54, 1.807) is 34.5 Å². The number of hydrogen-bond acceptors (Lipinski definition) is 4. The number of benzene rings is 1. The molecule has 7 heteroatoms. The topological polar surface area (TPSA) is 69.7 Å². The van der Waals surface area contributed by atoms with Crippen LogP contribution in [0.25, 0.3) is 0 Å². The molecule has 0 bridgehead atoms. The summed E-state index contributed by atoms with van der Waals surface area (Å²) >= 11 is 0. The molecule has 25 heavy (non-hydrogen) atoms. The van der Waals surface area contributed by atoms with Gasteiger partial charge in [0.15, 0.2) is 0 Å². The standard InChI is InChI=1S/C18H27N3O3S/c1-20(16-9-10-19-14-16)18(22)15-7-6-8-17(13-15)25(23,24)21-11-4-2-3-5-12-21/h6-8,13,16,19H,2-5,9-12,14H2,1H3. The lowest BCUT2D eigenvalue weighted by molar-refractivity contribution is 0.0743. The number of nitrogens with zero attached hydrogens (tertiary/aromatic N) is 2. The first-order chi connectivity index (χ1) is 12.0.